The summed E-state index contributed by atoms with van der Waals surface area (Å²) in [5.74, 6) is 0. The Bertz CT molecular complexity index is 88.7. The summed E-state index contributed by atoms with van der Waals surface area (Å²) < 4.78 is 1.25. The molecule has 1 N–H and O–H groups in total. The molecule has 0 aromatic carbocycles. The Kier molecular flexibility index (Phi) is 0.866. The highest BCUT2D eigenvalue weighted by Gasteiger charge is 2.43. The summed E-state index contributed by atoms with van der Waals surface area (Å²) in [5, 5.41) is 0. The molecule has 0 aliphatic carbocycles. The molecule has 0 bridgehead atoms. The number of nitrogens with one attached hydrogen (secondary N) is 1. The zero-order chi connectivity index (χ0) is 5.45. The van der Waals surface area contributed by atoms with Crippen molar-refractivity contribution in [3.05, 3.63) is 0 Å². The van der Waals surface area contributed by atoms with E-state index in [2.05, 4.69) is 5.43 Å². The first-order valence-electron chi connectivity index (χ1n) is 3.53. The molecule has 0 aromatic rings. The summed E-state index contributed by atoms with van der Waals surface area (Å²) in [5.41, 5.74) is 3.51. The van der Waals surface area contributed by atoms with Crippen molar-refractivity contribution in [3.63, 3.8) is 0 Å². The topological polar surface area (TPSA) is 12.0 Å². The second kappa shape index (κ2) is 1.45. The summed E-state index contributed by atoms with van der Waals surface area (Å²) in [7, 11) is 0. The van der Waals surface area contributed by atoms with Crippen molar-refractivity contribution in [2.75, 3.05) is 26.2 Å². The molecule has 2 saturated heterocycles. The number of quaternary nitrogens is 1. The summed E-state index contributed by atoms with van der Waals surface area (Å²) in [6.45, 7) is 5.42. The molecule has 2 rings (SSSR count). The number of hydrogen-bond donors (Lipinski definition) is 1. The van der Waals surface area contributed by atoms with Gasteiger partial charge in [0.25, 0.3) is 0 Å². The third-order valence-corrected chi connectivity index (χ3v) is 2.22. The van der Waals surface area contributed by atoms with E-state index in [1.807, 2.05) is 0 Å². The van der Waals surface area contributed by atoms with Gasteiger partial charge < -0.3 is 0 Å². The molecular formula is C6H13N2+. The van der Waals surface area contributed by atoms with E-state index in [-0.39, 0.29) is 0 Å². The van der Waals surface area contributed by atoms with Gasteiger partial charge in [-0.3, -0.25) is 0 Å². The quantitative estimate of drug-likeness (QED) is 0.347. The van der Waals surface area contributed by atoms with Crippen molar-refractivity contribution in [2.24, 2.45) is 0 Å². The monoisotopic (exact) mass is 113 g/mol. The van der Waals surface area contributed by atoms with Gasteiger partial charge in [-0.2, -0.15) is 5.43 Å². The van der Waals surface area contributed by atoms with Crippen molar-refractivity contribution >= 4 is 0 Å². The Morgan fingerprint density at radius 3 is 2.25 bits per heavy atom. The molecule has 46 valence electrons. The van der Waals surface area contributed by atoms with Crippen molar-refractivity contribution in [1.29, 1.82) is 0 Å². The predicted molar refractivity (Wildman–Crippen MR) is 32.1 cm³/mol. The van der Waals surface area contributed by atoms with Crippen LogP contribution in [-0.2, 0) is 0 Å². The van der Waals surface area contributed by atoms with Crippen molar-refractivity contribution in [1.82, 2.24) is 5.43 Å². The highest BCUT2D eigenvalue weighted by Crippen LogP contribution is 2.20. The minimum Gasteiger partial charge on any atom is -0.236 e. The minimum absolute atomic E-state index is 1.25. The van der Waals surface area contributed by atoms with Crippen LogP contribution in [0.4, 0.5) is 0 Å². The molecule has 0 saturated carbocycles. The Balaban J connectivity index is 1.95. The van der Waals surface area contributed by atoms with E-state index in [1.54, 1.807) is 0 Å². The van der Waals surface area contributed by atoms with Gasteiger partial charge in [0.1, 0.15) is 13.1 Å². The van der Waals surface area contributed by atoms with E-state index < -0.39 is 0 Å². The standard InChI is InChI=1S/C6H13N2/c1-2-4-8(5-6-8)7-3-1/h7H,1-6H2/q+1. The molecule has 0 atom stereocenters. The largest absolute Gasteiger partial charge is 0.236 e. The number of rotatable bonds is 0. The summed E-state index contributed by atoms with van der Waals surface area (Å²) in [4.78, 5) is 0. The fourth-order valence-corrected chi connectivity index (χ4v) is 1.44. The third kappa shape index (κ3) is 0.644. The maximum absolute atomic E-state index is 3.51. The summed E-state index contributed by atoms with van der Waals surface area (Å²) in [6.07, 6.45) is 2.83. The van der Waals surface area contributed by atoms with Gasteiger partial charge in [0, 0.05) is 6.54 Å². The Labute approximate surface area is 50.0 Å². The zero-order valence-corrected chi connectivity index (χ0v) is 5.19. The average Bonchev–Trinajstić information content (AvgIpc) is 2.52. The molecule has 2 heterocycles. The van der Waals surface area contributed by atoms with Crippen LogP contribution in [0.5, 0.6) is 0 Å². The van der Waals surface area contributed by atoms with Gasteiger partial charge in [-0.25, -0.2) is 4.59 Å². The second-order valence-electron chi connectivity index (χ2n) is 2.93. The van der Waals surface area contributed by atoms with Gasteiger partial charge in [0.2, 0.25) is 0 Å². The lowest BCUT2D eigenvalue weighted by atomic mass is 10.3. The minimum atomic E-state index is 1.25. The molecule has 2 aliphatic rings. The van der Waals surface area contributed by atoms with E-state index in [0.29, 0.717) is 0 Å². The lowest BCUT2D eigenvalue weighted by Crippen LogP contribution is -2.45. The maximum Gasteiger partial charge on any atom is 0.148 e. The van der Waals surface area contributed by atoms with Crippen LogP contribution in [-0.4, -0.2) is 30.8 Å². The lowest BCUT2D eigenvalue weighted by molar-refractivity contribution is -0.853. The SMILES string of the molecule is C1CC[N+]2(CC2)NC1. The normalized spacial score (nSPS) is 33.0. The van der Waals surface area contributed by atoms with Gasteiger partial charge in [0.05, 0.1) is 6.54 Å². The summed E-state index contributed by atoms with van der Waals surface area (Å²) >= 11 is 0. The first-order valence-corrected chi connectivity index (χ1v) is 3.53. The van der Waals surface area contributed by atoms with E-state index in [4.69, 9.17) is 0 Å². The zero-order valence-electron chi connectivity index (χ0n) is 5.19. The average molecular weight is 113 g/mol. The molecule has 8 heavy (non-hydrogen) atoms. The molecule has 0 radical (unpaired) electrons. The van der Waals surface area contributed by atoms with E-state index in [9.17, 15) is 0 Å². The van der Waals surface area contributed by atoms with E-state index >= 15 is 0 Å². The van der Waals surface area contributed by atoms with Crippen LogP contribution in [0.2, 0.25) is 0 Å². The maximum atomic E-state index is 3.51. The van der Waals surface area contributed by atoms with Crippen LogP contribution >= 0.6 is 0 Å². The van der Waals surface area contributed by atoms with Gasteiger partial charge in [-0.15, -0.1) is 0 Å². The van der Waals surface area contributed by atoms with E-state index in [0.717, 1.165) is 0 Å². The summed E-state index contributed by atoms with van der Waals surface area (Å²) in [6, 6.07) is 0. The second-order valence-corrected chi connectivity index (χ2v) is 2.93. The Morgan fingerprint density at radius 2 is 1.88 bits per heavy atom. The third-order valence-electron chi connectivity index (χ3n) is 2.22. The predicted octanol–water partition coefficient (Wildman–Crippen LogP) is 0.115. The highest BCUT2D eigenvalue weighted by molar-refractivity contribution is 4.58. The fourth-order valence-electron chi connectivity index (χ4n) is 1.44. The molecule has 2 fully saturated rings. The van der Waals surface area contributed by atoms with Crippen LogP contribution in [0.25, 0.3) is 0 Å². The first kappa shape index (κ1) is 4.77. The van der Waals surface area contributed by atoms with Crippen molar-refractivity contribution in [3.8, 4) is 0 Å². The smallest absolute Gasteiger partial charge is 0.148 e. The fraction of sp³-hybridized carbons (Fsp3) is 1.00. The molecule has 2 heteroatoms. The Morgan fingerprint density at radius 1 is 1.00 bits per heavy atom. The molecular weight excluding hydrogens is 100 g/mol. The van der Waals surface area contributed by atoms with Gasteiger partial charge in [-0.1, -0.05) is 0 Å². The van der Waals surface area contributed by atoms with Crippen LogP contribution in [0.15, 0.2) is 0 Å². The van der Waals surface area contributed by atoms with E-state index in [1.165, 1.54) is 43.6 Å². The molecule has 2 nitrogen and oxygen atoms in total. The molecule has 0 amide bonds. The highest BCUT2D eigenvalue weighted by atomic mass is 15.7. The Hall–Kier alpha value is -0.0800. The van der Waals surface area contributed by atoms with Gasteiger partial charge in [0.15, 0.2) is 0 Å². The van der Waals surface area contributed by atoms with Crippen LogP contribution < -0.4 is 5.43 Å². The number of hydrogen-bond acceptors (Lipinski definition) is 1. The molecule has 0 aromatic heterocycles. The van der Waals surface area contributed by atoms with Crippen molar-refractivity contribution in [2.45, 2.75) is 12.8 Å². The molecule has 2 aliphatic heterocycles. The molecule has 1 spiro atoms. The van der Waals surface area contributed by atoms with Gasteiger partial charge in [-0.05, 0) is 12.8 Å². The lowest BCUT2D eigenvalue weighted by Gasteiger charge is -2.22. The van der Waals surface area contributed by atoms with Crippen LogP contribution in [0, 0.1) is 0 Å². The molecule has 0 unspecified atom stereocenters. The van der Waals surface area contributed by atoms with Crippen LogP contribution in [0.3, 0.4) is 0 Å². The first-order chi connectivity index (χ1) is 3.91. The number of nitrogens with zero attached hydrogens (tertiary/aromatic N) is 1. The van der Waals surface area contributed by atoms with Gasteiger partial charge >= 0.3 is 0 Å². The van der Waals surface area contributed by atoms with Crippen molar-refractivity contribution < 1.29 is 4.59 Å². The van der Waals surface area contributed by atoms with Crippen LogP contribution in [0.1, 0.15) is 12.8 Å².